The van der Waals surface area contributed by atoms with Crippen molar-refractivity contribution in [1.82, 2.24) is 14.8 Å². The van der Waals surface area contributed by atoms with Crippen LogP contribution in [0.4, 0.5) is 10.8 Å². The quantitative estimate of drug-likeness (QED) is 0.377. The average Bonchev–Trinajstić information content (AvgIpc) is 3.23. The molecule has 0 atom stereocenters. The molecule has 1 N–H and O–H groups in total. The molecule has 0 radical (unpaired) electrons. The third-order valence-electron chi connectivity index (χ3n) is 4.42. The summed E-state index contributed by atoms with van der Waals surface area (Å²) in [6.07, 6.45) is 0. The van der Waals surface area contributed by atoms with Gasteiger partial charge in [0, 0.05) is 28.8 Å². The number of thiazole rings is 1. The number of nitro groups is 1. The molecule has 0 spiro atoms. The van der Waals surface area contributed by atoms with Crippen LogP contribution in [-0.4, -0.2) is 25.6 Å². The number of nitrogens with one attached hydrogen (secondary N) is 1. The summed E-state index contributed by atoms with van der Waals surface area (Å²) in [5.74, 6) is -0.744. The third-order valence-corrected chi connectivity index (χ3v) is 5.18. The lowest BCUT2D eigenvalue weighted by molar-refractivity contribution is -0.384. The summed E-state index contributed by atoms with van der Waals surface area (Å²) in [7, 11) is 0. The summed E-state index contributed by atoms with van der Waals surface area (Å²) in [6, 6.07) is 16.6. The second-order valence-corrected chi connectivity index (χ2v) is 7.37. The predicted molar refractivity (Wildman–Crippen MR) is 117 cm³/mol. The number of hydrogen-bond donors (Lipinski definition) is 1. The maximum Gasteiger partial charge on any atom is 0.294 e. The zero-order valence-electron chi connectivity index (χ0n) is 16.2. The van der Waals surface area contributed by atoms with Crippen molar-refractivity contribution in [3.05, 3.63) is 97.8 Å². The third kappa shape index (κ3) is 4.09. The monoisotopic (exact) mass is 433 g/mol. The molecule has 0 aliphatic heterocycles. The number of nitrogens with zero attached hydrogens (tertiary/aromatic N) is 4. The Balaban J connectivity index is 1.67. The topological polar surface area (TPSA) is 120 Å². The highest BCUT2D eigenvalue weighted by Gasteiger charge is 2.21. The number of benzene rings is 2. The molecule has 2 aromatic heterocycles. The summed E-state index contributed by atoms with van der Waals surface area (Å²) in [5, 5.41) is 20.2. The molecule has 4 rings (SSSR count). The van der Waals surface area contributed by atoms with Crippen molar-refractivity contribution >= 4 is 28.1 Å². The summed E-state index contributed by atoms with van der Waals surface area (Å²) < 4.78 is 1.21. The van der Waals surface area contributed by atoms with Crippen LogP contribution in [0.3, 0.4) is 0 Å². The van der Waals surface area contributed by atoms with E-state index < -0.39 is 16.3 Å². The van der Waals surface area contributed by atoms with Crippen LogP contribution < -0.4 is 10.7 Å². The Labute approximate surface area is 179 Å². The predicted octanol–water partition coefficient (Wildman–Crippen LogP) is 3.82. The molecule has 10 heteroatoms. The van der Waals surface area contributed by atoms with Gasteiger partial charge in [0.25, 0.3) is 11.6 Å². The number of nitro benzene ring substituents is 1. The van der Waals surface area contributed by atoms with Crippen LogP contribution in [-0.2, 0) is 0 Å². The van der Waals surface area contributed by atoms with Crippen LogP contribution in [0.5, 0.6) is 0 Å². The highest BCUT2D eigenvalue weighted by molar-refractivity contribution is 7.14. The van der Waals surface area contributed by atoms with Crippen LogP contribution in [0.2, 0.25) is 0 Å². The second-order valence-electron chi connectivity index (χ2n) is 6.51. The molecule has 2 aromatic carbocycles. The first-order valence-corrected chi connectivity index (χ1v) is 9.99. The number of aryl methyl sites for hydroxylation is 1. The van der Waals surface area contributed by atoms with Crippen molar-refractivity contribution in [3.63, 3.8) is 0 Å². The first kappa shape index (κ1) is 20.1. The maximum atomic E-state index is 12.7. The van der Waals surface area contributed by atoms with E-state index in [4.69, 9.17) is 0 Å². The first-order valence-electron chi connectivity index (χ1n) is 9.11. The van der Waals surface area contributed by atoms with Crippen molar-refractivity contribution in [3.8, 4) is 16.9 Å². The van der Waals surface area contributed by atoms with Gasteiger partial charge in [-0.1, -0.05) is 42.5 Å². The number of para-hydroxylation sites is 2. The summed E-state index contributed by atoms with van der Waals surface area (Å²) in [4.78, 5) is 40.3. The molecule has 0 bridgehead atoms. The lowest BCUT2D eigenvalue weighted by atomic mass is 10.2. The number of anilines is 1. The summed E-state index contributed by atoms with van der Waals surface area (Å²) in [5.41, 5.74) is 0.920. The fraction of sp³-hybridized carbons (Fsp3) is 0.0476. The van der Waals surface area contributed by atoms with E-state index in [9.17, 15) is 19.7 Å². The van der Waals surface area contributed by atoms with Gasteiger partial charge < -0.3 is 0 Å². The van der Waals surface area contributed by atoms with E-state index in [0.29, 0.717) is 16.5 Å². The molecule has 31 heavy (non-hydrogen) atoms. The van der Waals surface area contributed by atoms with Crippen molar-refractivity contribution in [1.29, 1.82) is 0 Å². The SMILES string of the molecule is Cc1cc(=O)c(C(=O)Nc2nc(-c3ccccc3)cs2)nn1-c1ccccc1[N+](=O)[O-]. The number of rotatable bonds is 5. The summed E-state index contributed by atoms with van der Waals surface area (Å²) >= 11 is 1.21. The van der Waals surface area contributed by atoms with Crippen molar-refractivity contribution < 1.29 is 9.72 Å². The van der Waals surface area contributed by atoms with Crippen LogP contribution >= 0.6 is 11.3 Å². The molecule has 0 fully saturated rings. The van der Waals surface area contributed by atoms with Crippen molar-refractivity contribution in [2.75, 3.05) is 5.32 Å². The molecule has 4 aromatic rings. The van der Waals surface area contributed by atoms with Crippen molar-refractivity contribution in [2.24, 2.45) is 0 Å². The minimum Gasteiger partial charge on any atom is -0.296 e. The van der Waals surface area contributed by atoms with Crippen LogP contribution in [0.1, 0.15) is 16.2 Å². The van der Waals surface area contributed by atoms with Crippen LogP contribution in [0, 0.1) is 17.0 Å². The zero-order valence-corrected chi connectivity index (χ0v) is 17.0. The van der Waals surface area contributed by atoms with Gasteiger partial charge in [-0.15, -0.1) is 11.3 Å². The highest BCUT2D eigenvalue weighted by atomic mass is 32.1. The Morgan fingerprint density at radius 2 is 1.84 bits per heavy atom. The number of amides is 1. The molecule has 0 aliphatic carbocycles. The largest absolute Gasteiger partial charge is 0.296 e. The Morgan fingerprint density at radius 1 is 1.13 bits per heavy atom. The molecule has 154 valence electrons. The van der Waals surface area contributed by atoms with E-state index in [-0.39, 0.29) is 17.1 Å². The Hall–Kier alpha value is -4.18. The number of carbonyl (C=O) groups is 1. The lowest BCUT2D eigenvalue weighted by Gasteiger charge is -2.11. The molecule has 0 saturated heterocycles. The Kier molecular flexibility index (Phi) is 5.37. The van der Waals surface area contributed by atoms with Gasteiger partial charge in [0.2, 0.25) is 5.43 Å². The number of aromatic nitrogens is 3. The van der Waals surface area contributed by atoms with Gasteiger partial charge in [0.15, 0.2) is 10.8 Å². The van der Waals surface area contributed by atoms with Gasteiger partial charge in [-0.05, 0) is 13.0 Å². The fourth-order valence-electron chi connectivity index (χ4n) is 2.98. The van der Waals surface area contributed by atoms with E-state index in [1.807, 2.05) is 30.3 Å². The molecular weight excluding hydrogens is 418 g/mol. The van der Waals surface area contributed by atoms with Crippen molar-refractivity contribution in [2.45, 2.75) is 6.92 Å². The minimum atomic E-state index is -0.744. The minimum absolute atomic E-state index is 0.152. The van der Waals surface area contributed by atoms with Gasteiger partial charge in [0.05, 0.1) is 10.6 Å². The van der Waals surface area contributed by atoms with E-state index in [1.165, 1.54) is 40.3 Å². The fourth-order valence-corrected chi connectivity index (χ4v) is 3.69. The van der Waals surface area contributed by atoms with Crippen LogP contribution in [0.25, 0.3) is 16.9 Å². The molecule has 0 saturated carbocycles. The smallest absolute Gasteiger partial charge is 0.294 e. The molecule has 2 heterocycles. The standard InChI is InChI=1S/C21H15N5O4S/c1-13-11-18(27)19(24-25(13)16-9-5-6-10-17(16)26(29)30)20(28)23-21-22-15(12-31-21)14-7-3-2-4-8-14/h2-12H,1H3,(H,22,23,28). The Bertz CT molecular complexity index is 1350. The molecular formula is C21H15N5O4S. The second kappa shape index (κ2) is 8.28. The normalized spacial score (nSPS) is 10.6. The van der Waals surface area contributed by atoms with E-state index in [1.54, 1.807) is 18.4 Å². The number of carbonyl (C=O) groups excluding carboxylic acids is 1. The van der Waals surface area contributed by atoms with Gasteiger partial charge >= 0.3 is 0 Å². The average molecular weight is 433 g/mol. The lowest BCUT2D eigenvalue weighted by Crippen LogP contribution is -2.27. The molecule has 0 unspecified atom stereocenters. The molecule has 0 aliphatic rings. The zero-order chi connectivity index (χ0) is 22.0. The van der Waals surface area contributed by atoms with Crippen LogP contribution in [0.15, 0.2) is 70.8 Å². The van der Waals surface area contributed by atoms with Gasteiger partial charge in [0.1, 0.15) is 5.69 Å². The number of hydrogen-bond acceptors (Lipinski definition) is 7. The van der Waals surface area contributed by atoms with E-state index in [2.05, 4.69) is 15.4 Å². The van der Waals surface area contributed by atoms with E-state index >= 15 is 0 Å². The van der Waals surface area contributed by atoms with E-state index in [0.717, 1.165) is 5.56 Å². The van der Waals surface area contributed by atoms with Gasteiger partial charge in [-0.25, -0.2) is 9.67 Å². The molecule has 9 nitrogen and oxygen atoms in total. The maximum absolute atomic E-state index is 12.7. The first-order chi connectivity index (χ1) is 14.9. The summed E-state index contributed by atoms with van der Waals surface area (Å²) in [6.45, 7) is 1.58. The molecule has 1 amide bonds. The van der Waals surface area contributed by atoms with Gasteiger partial charge in [-0.2, -0.15) is 5.10 Å². The highest BCUT2D eigenvalue weighted by Crippen LogP contribution is 2.25. The Morgan fingerprint density at radius 3 is 2.58 bits per heavy atom. The van der Waals surface area contributed by atoms with Gasteiger partial charge in [-0.3, -0.25) is 25.0 Å².